The third-order valence-electron chi connectivity index (χ3n) is 5.95. The van der Waals surface area contributed by atoms with Gasteiger partial charge in [0, 0.05) is 0 Å². The van der Waals surface area contributed by atoms with Crippen molar-refractivity contribution in [2.75, 3.05) is 13.2 Å². The van der Waals surface area contributed by atoms with E-state index in [0.29, 0.717) is 18.0 Å². The van der Waals surface area contributed by atoms with Gasteiger partial charge in [0.1, 0.15) is 0 Å². The van der Waals surface area contributed by atoms with Crippen molar-refractivity contribution >= 4 is 26.8 Å². The molecule has 0 fully saturated rings. The number of fused-ring (bicyclic) bond motifs is 2. The van der Waals surface area contributed by atoms with Crippen LogP contribution in [0.5, 0.6) is 0 Å². The molecule has 0 amide bonds. The highest BCUT2D eigenvalue weighted by Crippen LogP contribution is 2.37. The third kappa shape index (κ3) is 3.06. The number of hydrogen-bond donors (Lipinski definition) is 0. The molecule has 2 aliphatic rings. The normalized spacial score (nSPS) is 18.5. The van der Waals surface area contributed by atoms with Gasteiger partial charge < -0.3 is 4.74 Å². The second-order valence-electron chi connectivity index (χ2n) is 7.73. The Labute approximate surface area is 177 Å². The summed E-state index contributed by atoms with van der Waals surface area (Å²) in [5.41, 5.74) is 3.32. The molecule has 0 radical (unpaired) electrons. The quantitative estimate of drug-likeness (QED) is 0.626. The van der Waals surface area contributed by atoms with Crippen LogP contribution < -0.4 is 0 Å². The number of nitrogens with zero attached hydrogens (tertiary/aromatic N) is 2. The maximum atomic E-state index is 13.8. The predicted molar refractivity (Wildman–Crippen MR) is 118 cm³/mol. The zero-order chi connectivity index (χ0) is 20.7. The summed E-state index contributed by atoms with van der Waals surface area (Å²) in [5.74, 6) is 0. The van der Waals surface area contributed by atoms with Crippen LogP contribution in [0.2, 0.25) is 0 Å². The number of hydrogen-bond acceptors (Lipinski definition) is 4. The van der Waals surface area contributed by atoms with Crippen LogP contribution >= 0.6 is 0 Å². The molecule has 154 valence electrons. The number of rotatable bonds is 4. The maximum absolute atomic E-state index is 13.8. The second-order valence-corrected chi connectivity index (χ2v) is 9.54. The number of amidine groups is 1. The van der Waals surface area contributed by atoms with E-state index in [-0.39, 0.29) is 6.02 Å². The Bertz CT molecular complexity index is 1250. The van der Waals surface area contributed by atoms with E-state index in [2.05, 4.69) is 4.99 Å². The minimum Gasteiger partial charge on any atom is -0.465 e. The van der Waals surface area contributed by atoms with E-state index in [0.717, 1.165) is 41.2 Å². The Hall–Kier alpha value is -2.86. The van der Waals surface area contributed by atoms with Crippen LogP contribution in [-0.2, 0) is 27.6 Å². The number of ether oxygens (including phenoxy) is 1. The molecule has 0 saturated heterocycles. The highest BCUT2D eigenvalue weighted by molar-refractivity contribution is 7.89. The topological polar surface area (TPSA) is 59.0 Å². The lowest BCUT2D eigenvalue weighted by molar-refractivity contribution is 0.281. The number of sulfonamides is 1. The fraction of sp³-hybridized carbons (Fsp3) is 0.292. The number of aryl methyl sites for hydroxylation is 2. The fourth-order valence-corrected chi connectivity index (χ4v) is 6.13. The van der Waals surface area contributed by atoms with Gasteiger partial charge in [0.25, 0.3) is 10.0 Å². The lowest BCUT2D eigenvalue weighted by Crippen LogP contribution is -2.38. The summed E-state index contributed by atoms with van der Waals surface area (Å²) in [6.07, 6.45) is 3.02. The molecule has 5 rings (SSSR count). The summed E-state index contributed by atoms with van der Waals surface area (Å²) < 4.78 is 34.7. The highest BCUT2D eigenvalue weighted by atomic mass is 32.2. The first-order chi connectivity index (χ1) is 14.6. The first kappa shape index (κ1) is 19.1. The van der Waals surface area contributed by atoms with Gasteiger partial charge in [-0.3, -0.25) is 0 Å². The molecule has 0 N–H and O–H groups in total. The minimum absolute atomic E-state index is 0.177. The molecule has 5 nitrogen and oxygen atoms in total. The van der Waals surface area contributed by atoms with Gasteiger partial charge in [-0.15, -0.1) is 0 Å². The van der Waals surface area contributed by atoms with Crippen molar-refractivity contribution in [3.63, 3.8) is 0 Å². The molecule has 1 heterocycles. The summed E-state index contributed by atoms with van der Waals surface area (Å²) in [6.45, 7) is 2.54. The van der Waals surface area contributed by atoms with Crippen molar-refractivity contribution in [2.24, 2.45) is 4.99 Å². The Kier molecular flexibility index (Phi) is 4.74. The summed E-state index contributed by atoms with van der Waals surface area (Å²) >= 11 is 0. The molecule has 0 saturated carbocycles. The van der Waals surface area contributed by atoms with Crippen molar-refractivity contribution in [1.82, 2.24) is 4.31 Å². The van der Waals surface area contributed by atoms with Gasteiger partial charge in [-0.1, -0.05) is 48.5 Å². The molecule has 30 heavy (non-hydrogen) atoms. The lowest BCUT2D eigenvalue weighted by atomic mass is 9.99. The Balaban J connectivity index is 1.63. The van der Waals surface area contributed by atoms with Gasteiger partial charge >= 0.3 is 6.02 Å². The van der Waals surface area contributed by atoms with E-state index in [1.54, 1.807) is 6.07 Å². The van der Waals surface area contributed by atoms with Gasteiger partial charge in [0.2, 0.25) is 0 Å². The van der Waals surface area contributed by atoms with Crippen molar-refractivity contribution in [3.05, 3.63) is 77.4 Å². The largest absolute Gasteiger partial charge is 0.465 e. The first-order valence-corrected chi connectivity index (χ1v) is 11.8. The second kappa shape index (κ2) is 7.43. The van der Waals surface area contributed by atoms with E-state index < -0.39 is 16.1 Å². The summed E-state index contributed by atoms with van der Waals surface area (Å²) in [6, 6.07) is 19.3. The predicted octanol–water partition coefficient (Wildman–Crippen LogP) is 4.47. The van der Waals surface area contributed by atoms with Crippen LogP contribution in [0.1, 0.15) is 36.1 Å². The average molecular weight is 421 g/mol. The summed E-state index contributed by atoms with van der Waals surface area (Å²) in [5, 5.41) is 2.11. The van der Waals surface area contributed by atoms with Crippen LogP contribution in [0.15, 0.2) is 70.6 Å². The summed E-state index contributed by atoms with van der Waals surface area (Å²) in [7, 11) is -3.82. The molecule has 1 aliphatic heterocycles. The Morgan fingerprint density at radius 1 is 1.03 bits per heavy atom. The number of benzene rings is 3. The molecular formula is C24H24N2O3S. The standard InChI is InChI=1S/C24H24N2O3S/c1-2-29-24-25-16-23(22-12-6-9-18-7-3-4-11-21(18)22)26(24)30(27,28)20-14-13-17-8-5-10-19(17)15-20/h3-4,6-7,9,11-15,23H,2,5,8,10,16H2,1H3. The minimum atomic E-state index is -3.82. The molecule has 6 heteroatoms. The SMILES string of the molecule is CCOC1=NCC(c2cccc3ccccc23)N1S(=O)(=O)c1ccc2c(c1)CCC2. The summed E-state index contributed by atoms with van der Waals surface area (Å²) in [4.78, 5) is 4.79. The van der Waals surface area contributed by atoms with Gasteiger partial charge in [0.15, 0.2) is 0 Å². The molecule has 1 aliphatic carbocycles. The molecule has 3 aromatic carbocycles. The van der Waals surface area contributed by atoms with Gasteiger partial charge in [0.05, 0.1) is 24.1 Å². The van der Waals surface area contributed by atoms with Gasteiger partial charge in [-0.25, -0.2) is 17.7 Å². The molecular weight excluding hydrogens is 396 g/mol. The molecule has 0 aromatic heterocycles. The van der Waals surface area contributed by atoms with E-state index in [1.807, 2.05) is 61.5 Å². The third-order valence-corrected chi connectivity index (χ3v) is 7.73. The smallest absolute Gasteiger partial charge is 0.302 e. The Morgan fingerprint density at radius 2 is 1.83 bits per heavy atom. The monoisotopic (exact) mass is 420 g/mol. The fourth-order valence-electron chi connectivity index (χ4n) is 4.54. The van der Waals surface area contributed by atoms with Gasteiger partial charge in [-0.2, -0.15) is 0 Å². The maximum Gasteiger partial charge on any atom is 0.302 e. The van der Waals surface area contributed by atoms with E-state index in [9.17, 15) is 8.42 Å². The average Bonchev–Trinajstić information content (AvgIpc) is 3.40. The van der Waals surface area contributed by atoms with Crippen molar-refractivity contribution in [1.29, 1.82) is 0 Å². The lowest BCUT2D eigenvalue weighted by Gasteiger charge is -2.27. The number of aliphatic imine (C=N–C) groups is 1. The van der Waals surface area contributed by atoms with Crippen LogP contribution in [0, 0.1) is 0 Å². The van der Waals surface area contributed by atoms with Crippen molar-refractivity contribution < 1.29 is 13.2 Å². The molecule has 0 bridgehead atoms. The Morgan fingerprint density at radius 3 is 2.70 bits per heavy atom. The van der Waals surface area contributed by atoms with E-state index in [4.69, 9.17) is 4.74 Å². The van der Waals surface area contributed by atoms with Crippen LogP contribution in [0.4, 0.5) is 0 Å². The van der Waals surface area contributed by atoms with Crippen LogP contribution in [0.25, 0.3) is 10.8 Å². The molecule has 1 unspecified atom stereocenters. The highest BCUT2D eigenvalue weighted by Gasteiger charge is 2.41. The molecule has 3 aromatic rings. The zero-order valence-corrected chi connectivity index (χ0v) is 17.7. The van der Waals surface area contributed by atoms with Crippen molar-refractivity contribution in [2.45, 2.75) is 37.1 Å². The van der Waals surface area contributed by atoms with E-state index >= 15 is 0 Å². The van der Waals surface area contributed by atoms with Crippen LogP contribution in [-0.4, -0.2) is 31.9 Å². The van der Waals surface area contributed by atoms with Crippen LogP contribution in [0.3, 0.4) is 0 Å². The van der Waals surface area contributed by atoms with Crippen molar-refractivity contribution in [3.8, 4) is 0 Å². The zero-order valence-electron chi connectivity index (χ0n) is 16.9. The van der Waals surface area contributed by atoms with Gasteiger partial charge in [-0.05, 0) is 65.8 Å². The molecule has 0 spiro atoms. The molecule has 1 atom stereocenters. The van der Waals surface area contributed by atoms with E-state index in [1.165, 1.54) is 9.87 Å². The first-order valence-electron chi connectivity index (χ1n) is 10.4.